The van der Waals surface area contributed by atoms with E-state index in [1.807, 2.05) is 0 Å². The lowest BCUT2D eigenvalue weighted by molar-refractivity contribution is -0.153. The molecule has 0 aromatic heterocycles. The summed E-state index contributed by atoms with van der Waals surface area (Å²) in [6, 6.07) is 5.55. The molecule has 9 heteroatoms. The summed E-state index contributed by atoms with van der Waals surface area (Å²) in [5.74, 6) is -2.14. The van der Waals surface area contributed by atoms with E-state index in [9.17, 15) is 19.2 Å². The highest BCUT2D eigenvalue weighted by Gasteiger charge is 2.19. The average Bonchev–Trinajstić information content (AvgIpc) is 2.43. The Morgan fingerprint density at radius 2 is 2.00 bits per heavy atom. The van der Waals surface area contributed by atoms with Gasteiger partial charge in [0.15, 0.2) is 6.10 Å². The lowest BCUT2D eigenvalue weighted by Crippen LogP contribution is -2.43. The number of halogens is 1. The molecule has 0 radical (unpaired) electrons. The van der Waals surface area contributed by atoms with Crippen molar-refractivity contribution in [1.29, 1.82) is 0 Å². The van der Waals surface area contributed by atoms with Crippen LogP contribution in [0.4, 0.5) is 4.79 Å². The first-order chi connectivity index (χ1) is 10.3. The second kappa shape index (κ2) is 8.13. The lowest BCUT2D eigenvalue weighted by atomic mass is 10.2. The van der Waals surface area contributed by atoms with Gasteiger partial charge in [0.25, 0.3) is 11.8 Å². The summed E-state index contributed by atoms with van der Waals surface area (Å²) in [5.41, 5.74) is 5.13. The molecule has 0 saturated carbocycles. The minimum absolute atomic E-state index is 0.363. The maximum atomic E-state index is 11.8. The zero-order chi connectivity index (χ0) is 16.7. The van der Waals surface area contributed by atoms with Gasteiger partial charge in [0.2, 0.25) is 0 Å². The number of benzene rings is 1. The fraction of sp³-hybridized carbons (Fsp3) is 0.231. The third kappa shape index (κ3) is 5.92. The van der Waals surface area contributed by atoms with Gasteiger partial charge in [0, 0.05) is 10.0 Å². The zero-order valence-electron chi connectivity index (χ0n) is 11.6. The molecule has 4 amide bonds. The molecule has 1 aromatic carbocycles. The fourth-order valence-electron chi connectivity index (χ4n) is 1.40. The molecule has 0 heterocycles. The molecule has 118 valence electrons. The number of urea groups is 1. The first-order valence-corrected chi connectivity index (χ1v) is 6.92. The molecule has 1 rings (SSSR count). The third-order valence-electron chi connectivity index (χ3n) is 2.40. The van der Waals surface area contributed by atoms with E-state index < -0.39 is 36.5 Å². The van der Waals surface area contributed by atoms with E-state index in [4.69, 9.17) is 10.5 Å². The van der Waals surface area contributed by atoms with Crippen LogP contribution in [-0.4, -0.2) is 36.5 Å². The molecule has 0 spiro atoms. The van der Waals surface area contributed by atoms with Crippen molar-refractivity contribution in [3.63, 3.8) is 0 Å². The molecule has 1 aromatic rings. The monoisotopic (exact) mass is 371 g/mol. The Morgan fingerprint density at radius 1 is 1.32 bits per heavy atom. The van der Waals surface area contributed by atoms with Crippen molar-refractivity contribution >= 4 is 39.7 Å². The standard InChI is InChI=1S/C13H14BrN3O5/c1-7(11(19)17-13(15)21)22-10(18)6-16-12(20)8-3-2-4-9(14)5-8/h2-5,7H,6H2,1H3,(H,16,20)(H3,15,17,19,21). The van der Waals surface area contributed by atoms with Gasteiger partial charge < -0.3 is 15.8 Å². The van der Waals surface area contributed by atoms with Crippen LogP contribution in [-0.2, 0) is 14.3 Å². The minimum Gasteiger partial charge on any atom is -0.451 e. The van der Waals surface area contributed by atoms with Gasteiger partial charge in [-0.05, 0) is 25.1 Å². The van der Waals surface area contributed by atoms with Crippen LogP contribution < -0.4 is 16.4 Å². The number of hydrogen-bond donors (Lipinski definition) is 3. The number of nitrogens with one attached hydrogen (secondary N) is 2. The van der Waals surface area contributed by atoms with Crippen molar-refractivity contribution < 1.29 is 23.9 Å². The predicted molar refractivity (Wildman–Crippen MR) is 79.8 cm³/mol. The maximum Gasteiger partial charge on any atom is 0.326 e. The average molecular weight is 372 g/mol. The number of amides is 4. The summed E-state index contributed by atoms with van der Waals surface area (Å²) in [5, 5.41) is 4.13. The van der Waals surface area contributed by atoms with Gasteiger partial charge in [-0.1, -0.05) is 22.0 Å². The van der Waals surface area contributed by atoms with E-state index in [1.165, 1.54) is 6.92 Å². The molecule has 0 bridgehead atoms. The second-order valence-corrected chi connectivity index (χ2v) is 5.09. The number of hydrogen-bond acceptors (Lipinski definition) is 5. The quantitative estimate of drug-likeness (QED) is 0.641. The summed E-state index contributed by atoms with van der Waals surface area (Å²) in [4.78, 5) is 45.1. The second-order valence-electron chi connectivity index (χ2n) is 4.18. The van der Waals surface area contributed by atoms with Crippen LogP contribution in [0.3, 0.4) is 0 Å². The summed E-state index contributed by atoms with van der Waals surface area (Å²) >= 11 is 3.22. The van der Waals surface area contributed by atoms with Crippen molar-refractivity contribution in [1.82, 2.24) is 10.6 Å². The van der Waals surface area contributed by atoms with Crippen molar-refractivity contribution in [3.8, 4) is 0 Å². The van der Waals surface area contributed by atoms with Crippen LogP contribution in [0.25, 0.3) is 0 Å². The highest BCUT2D eigenvalue weighted by atomic mass is 79.9. The number of carbonyl (C=O) groups is 4. The van der Waals surface area contributed by atoms with Gasteiger partial charge >= 0.3 is 12.0 Å². The molecular weight excluding hydrogens is 358 g/mol. The van der Waals surface area contributed by atoms with E-state index in [0.29, 0.717) is 5.56 Å². The number of imide groups is 1. The Bertz CT molecular complexity index is 605. The fourth-order valence-corrected chi connectivity index (χ4v) is 1.80. The molecule has 4 N–H and O–H groups in total. The molecule has 0 aliphatic carbocycles. The molecule has 22 heavy (non-hydrogen) atoms. The van der Waals surface area contributed by atoms with Crippen molar-refractivity contribution in [3.05, 3.63) is 34.3 Å². The Morgan fingerprint density at radius 3 is 2.59 bits per heavy atom. The predicted octanol–water partition coefficient (Wildman–Crippen LogP) is 0.305. The highest BCUT2D eigenvalue weighted by Crippen LogP contribution is 2.11. The van der Waals surface area contributed by atoms with E-state index in [1.54, 1.807) is 29.6 Å². The lowest BCUT2D eigenvalue weighted by Gasteiger charge is -2.12. The van der Waals surface area contributed by atoms with Crippen molar-refractivity contribution in [2.75, 3.05) is 6.54 Å². The largest absolute Gasteiger partial charge is 0.451 e. The third-order valence-corrected chi connectivity index (χ3v) is 2.90. The number of rotatable bonds is 5. The Kier molecular flexibility index (Phi) is 6.51. The first-order valence-electron chi connectivity index (χ1n) is 6.13. The van der Waals surface area contributed by atoms with Crippen LogP contribution >= 0.6 is 15.9 Å². The summed E-state index contributed by atoms with van der Waals surface area (Å²) in [6.45, 7) is 0.853. The topological polar surface area (TPSA) is 128 Å². The highest BCUT2D eigenvalue weighted by molar-refractivity contribution is 9.10. The molecule has 1 atom stereocenters. The number of carbonyl (C=O) groups excluding carboxylic acids is 4. The van der Waals surface area contributed by atoms with E-state index in [-0.39, 0.29) is 0 Å². The molecule has 0 aliphatic heterocycles. The van der Waals surface area contributed by atoms with Crippen LogP contribution in [0.5, 0.6) is 0 Å². The molecule has 0 fully saturated rings. The number of nitrogens with two attached hydrogens (primary N) is 1. The van der Waals surface area contributed by atoms with Gasteiger partial charge in [-0.2, -0.15) is 0 Å². The number of primary amides is 1. The Labute approximate surface area is 134 Å². The van der Waals surface area contributed by atoms with Gasteiger partial charge in [-0.15, -0.1) is 0 Å². The maximum absolute atomic E-state index is 11.8. The molecule has 1 unspecified atom stereocenters. The van der Waals surface area contributed by atoms with Crippen LogP contribution in [0.1, 0.15) is 17.3 Å². The van der Waals surface area contributed by atoms with Gasteiger partial charge in [-0.25, -0.2) is 4.79 Å². The first kappa shape index (κ1) is 17.6. The van der Waals surface area contributed by atoms with Gasteiger partial charge in [0.1, 0.15) is 6.54 Å². The summed E-state index contributed by atoms with van der Waals surface area (Å²) < 4.78 is 5.46. The van der Waals surface area contributed by atoms with Crippen molar-refractivity contribution in [2.45, 2.75) is 13.0 Å². The van der Waals surface area contributed by atoms with E-state index in [0.717, 1.165) is 4.47 Å². The summed E-state index contributed by atoms with van der Waals surface area (Å²) in [7, 11) is 0. The SMILES string of the molecule is CC(OC(=O)CNC(=O)c1cccc(Br)c1)C(=O)NC(N)=O. The zero-order valence-corrected chi connectivity index (χ0v) is 13.2. The molecule has 0 saturated heterocycles. The number of esters is 1. The normalized spacial score (nSPS) is 11.2. The minimum atomic E-state index is -1.21. The van der Waals surface area contributed by atoms with E-state index in [2.05, 4.69) is 21.2 Å². The molecule has 0 aliphatic rings. The number of ether oxygens (including phenoxy) is 1. The molecular formula is C13H14BrN3O5. The molecule has 8 nitrogen and oxygen atoms in total. The summed E-state index contributed by atoms with van der Waals surface area (Å²) in [6.07, 6.45) is -1.21. The van der Waals surface area contributed by atoms with E-state index >= 15 is 0 Å². The van der Waals surface area contributed by atoms with Gasteiger partial charge in [0.05, 0.1) is 0 Å². The Balaban J connectivity index is 2.44. The van der Waals surface area contributed by atoms with Gasteiger partial charge in [-0.3, -0.25) is 19.7 Å². The van der Waals surface area contributed by atoms with Crippen molar-refractivity contribution in [2.24, 2.45) is 5.73 Å². The van der Waals surface area contributed by atoms with Crippen LogP contribution in [0, 0.1) is 0 Å². The van der Waals surface area contributed by atoms with Crippen LogP contribution in [0.15, 0.2) is 28.7 Å². The Hall–Kier alpha value is -2.42. The smallest absolute Gasteiger partial charge is 0.326 e. The van der Waals surface area contributed by atoms with Crippen LogP contribution in [0.2, 0.25) is 0 Å².